The molecule has 0 unspecified atom stereocenters. The molecule has 35 heavy (non-hydrogen) atoms. The van der Waals surface area contributed by atoms with Crippen molar-refractivity contribution < 1.29 is 14.7 Å². The van der Waals surface area contributed by atoms with Crippen molar-refractivity contribution in [2.24, 2.45) is 11.8 Å². The Morgan fingerprint density at radius 2 is 1.74 bits per heavy atom. The molecule has 1 N–H and O–H groups in total. The van der Waals surface area contributed by atoms with Crippen LogP contribution >= 0.6 is 23.2 Å². The van der Waals surface area contributed by atoms with Gasteiger partial charge in [0.05, 0.1) is 11.6 Å². The van der Waals surface area contributed by atoms with Gasteiger partial charge < -0.3 is 9.67 Å². The quantitative estimate of drug-likeness (QED) is 0.292. The third-order valence-corrected chi connectivity index (χ3v) is 8.27. The van der Waals surface area contributed by atoms with E-state index >= 15 is 0 Å². The molecule has 4 nitrogen and oxygen atoms in total. The van der Waals surface area contributed by atoms with Crippen LogP contribution in [0.4, 0.5) is 0 Å². The SMILES string of the molecule is CC(C)c1ccc2c(ccn2Cc2c(Cl)ccc(C(=O)CCC3CCC(CC(=O)O)CC3)c2Cl)c1. The molecule has 1 fully saturated rings. The average molecular weight is 514 g/mol. The second-order valence-corrected chi connectivity index (χ2v) is 11.0. The molecule has 4 rings (SSSR count). The predicted molar refractivity (Wildman–Crippen MR) is 143 cm³/mol. The van der Waals surface area contributed by atoms with Crippen LogP contribution in [-0.4, -0.2) is 21.4 Å². The summed E-state index contributed by atoms with van der Waals surface area (Å²) in [7, 11) is 0. The zero-order valence-corrected chi connectivity index (χ0v) is 21.9. The molecular weight excluding hydrogens is 481 g/mol. The molecule has 0 saturated heterocycles. The molecule has 1 aromatic heterocycles. The number of hydrogen-bond acceptors (Lipinski definition) is 2. The maximum Gasteiger partial charge on any atom is 0.303 e. The van der Waals surface area contributed by atoms with E-state index in [4.69, 9.17) is 28.3 Å². The molecule has 3 aromatic rings. The second kappa shape index (κ2) is 11.2. The Hall–Kier alpha value is -2.30. The van der Waals surface area contributed by atoms with Crippen LogP contribution in [0.5, 0.6) is 0 Å². The molecule has 0 atom stereocenters. The third-order valence-electron chi connectivity index (χ3n) is 7.49. The lowest BCUT2D eigenvalue weighted by Crippen LogP contribution is -2.18. The van der Waals surface area contributed by atoms with Crippen molar-refractivity contribution in [2.75, 3.05) is 0 Å². The normalized spacial score (nSPS) is 18.3. The van der Waals surface area contributed by atoms with E-state index < -0.39 is 5.97 Å². The lowest BCUT2D eigenvalue weighted by Gasteiger charge is -2.27. The molecular formula is C29H33Cl2NO3. The zero-order valence-electron chi connectivity index (χ0n) is 20.4. The van der Waals surface area contributed by atoms with Crippen LogP contribution in [0.1, 0.15) is 86.2 Å². The molecule has 0 amide bonds. The van der Waals surface area contributed by atoms with Crippen LogP contribution in [0, 0.1) is 11.8 Å². The minimum atomic E-state index is -0.718. The summed E-state index contributed by atoms with van der Waals surface area (Å²) in [5, 5.41) is 11.2. The van der Waals surface area contributed by atoms with Crippen molar-refractivity contribution >= 4 is 45.9 Å². The summed E-state index contributed by atoms with van der Waals surface area (Å²) < 4.78 is 2.12. The Kier molecular flexibility index (Phi) is 8.23. The fourth-order valence-electron chi connectivity index (χ4n) is 5.29. The Balaban J connectivity index is 1.44. The van der Waals surface area contributed by atoms with Crippen LogP contribution in [0.15, 0.2) is 42.6 Å². The minimum Gasteiger partial charge on any atom is -0.481 e. The van der Waals surface area contributed by atoms with Gasteiger partial charge in [0.1, 0.15) is 0 Å². The average Bonchev–Trinajstić information content (AvgIpc) is 3.22. The van der Waals surface area contributed by atoms with Crippen molar-refractivity contribution in [3.8, 4) is 0 Å². The number of nitrogens with zero attached hydrogens (tertiary/aromatic N) is 1. The van der Waals surface area contributed by atoms with Crippen LogP contribution in [0.2, 0.25) is 10.0 Å². The lowest BCUT2D eigenvalue weighted by atomic mass is 9.78. The molecule has 0 radical (unpaired) electrons. The summed E-state index contributed by atoms with van der Waals surface area (Å²) >= 11 is 13.3. The van der Waals surface area contributed by atoms with Gasteiger partial charge in [-0.15, -0.1) is 0 Å². The molecule has 0 spiro atoms. The number of fused-ring (bicyclic) bond motifs is 1. The van der Waals surface area contributed by atoms with E-state index in [0.29, 0.717) is 40.4 Å². The lowest BCUT2D eigenvalue weighted by molar-refractivity contribution is -0.138. The highest BCUT2D eigenvalue weighted by molar-refractivity contribution is 6.38. The van der Waals surface area contributed by atoms with Crippen LogP contribution in [0.3, 0.4) is 0 Å². The van der Waals surface area contributed by atoms with Gasteiger partial charge in [-0.25, -0.2) is 0 Å². The van der Waals surface area contributed by atoms with Crippen LogP contribution in [-0.2, 0) is 11.3 Å². The van der Waals surface area contributed by atoms with Gasteiger partial charge in [-0.3, -0.25) is 9.59 Å². The standard InChI is InChI=1S/C29H33Cl2NO3/c1-18(2)21-8-11-26-22(16-21)13-14-32(26)17-24-25(30)10-9-23(29(24)31)27(33)12-7-19-3-5-20(6-4-19)15-28(34)35/h8-11,13-14,16,18-20H,3-7,12,15,17H2,1-2H3,(H,34,35). The number of carbonyl (C=O) groups is 2. The number of ketones is 1. The fourth-order valence-corrected chi connectivity index (χ4v) is 5.88. The Labute approximate surface area is 217 Å². The number of hydrogen-bond donors (Lipinski definition) is 1. The molecule has 2 aromatic carbocycles. The van der Waals surface area contributed by atoms with E-state index in [0.717, 1.165) is 43.2 Å². The first-order chi connectivity index (χ1) is 16.7. The molecule has 0 bridgehead atoms. The highest BCUT2D eigenvalue weighted by atomic mass is 35.5. The van der Waals surface area contributed by atoms with E-state index in [1.165, 1.54) is 10.9 Å². The topological polar surface area (TPSA) is 59.3 Å². The van der Waals surface area contributed by atoms with Gasteiger partial charge in [0.25, 0.3) is 0 Å². The first-order valence-corrected chi connectivity index (χ1v) is 13.3. The Morgan fingerprint density at radius 1 is 1.03 bits per heavy atom. The first kappa shape index (κ1) is 25.8. The maximum atomic E-state index is 13.1. The maximum absolute atomic E-state index is 13.1. The molecule has 1 heterocycles. The molecule has 1 saturated carbocycles. The minimum absolute atomic E-state index is 0.0412. The third kappa shape index (κ3) is 6.10. The monoisotopic (exact) mass is 513 g/mol. The highest BCUT2D eigenvalue weighted by Gasteiger charge is 2.24. The number of carbonyl (C=O) groups excluding carboxylic acids is 1. The summed E-state index contributed by atoms with van der Waals surface area (Å²) in [5.74, 6) is 0.532. The molecule has 6 heteroatoms. The van der Waals surface area contributed by atoms with E-state index in [-0.39, 0.29) is 18.1 Å². The van der Waals surface area contributed by atoms with Crippen molar-refractivity contribution in [3.63, 3.8) is 0 Å². The Morgan fingerprint density at radius 3 is 2.43 bits per heavy atom. The van der Waals surface area contributed by atoms with Gasteiger partial charge in [-0.1, -0.05) is 56.0 Å². The van der Waals surface area contributed by atoms with Gasteiger partial charge in [-0.2, -0.15) is 0 Å². The first-order valence-electron chi connectivity index (χ1n) is 12.5. The number of halogens is 2. The number of rotatable bonds is 9. The van der Waals surface area contributed by atoms with Gasteiger partial charge >= 0.3 is 5.97 Å². The largest absolute Gasteiger partial charge is 0.481 e. The number of carboxylic acids is 1. The van der Waals surface area contributed by atoms with Crippen molar-refractivity contribution in [3.05, 3.63) is 69.3 Å². The number of Topliss-reactive ketones (excluding diaryl/α,β-unsaturated/α-hetero) is 1. The van der Waals surface area contributed by atoms with Crippen LogP contribution in [0.25, 0.3) is 10.9 Å². The molecule has 0 aliphatic heterocycles. The summed E-state index contributed by atoms with van der Waals surface area (Å²) in [6.07, 6.45) is 7.39. The number of carboxylic acid groups (broad SMARTS) is 1. The Bertz CT molecular complexity index is 1220. The van der Waals surface area contributed by atoms with Gasteiger partial charge in [0, 0.05) is 40.7 Å². The van der Waals surface area contributed by atoms with Crippen LogP contribution < -0.4 is 0 Å². The predicted octanol–water partition coefficient (Wildman–Crippen LogP) is 8.36. The smallest absolute Gasteiger partial charge is 0.303 e. The van der Waals surface area contributed by atoms with E-state index in [2.05, 4.69) is 42.7 Å². The van der Waals surface area contributed by atoms with Crippen molar-refractivity contribution in [2.45, 2.75) is 71.3 Å². The van der Waals surface area contributed by atoms with E-state index in [1.54, 1.807) is 12.1 Å². The van der Waals surface area contributed by atoms with Gasteiger partial charge in [0.2, 0.25) is 0 Å². The van der Waals surface area contributed by atoms with Crippen molar-refractivity contribution in [1.82, 2.24) is 4.57 Å². The molecule has 186 valence electrons. The summed E-state index contributed by atoms with van der Waals surface area (Å²) in [4.78, 5) is 24.0. The summed E-state index contributed by atoms with van der Waals surface area (Å²) in [6.45, 7) is 4.87. The number of benzene rings is 2. The summed E-state index contributed by atoms with van der Waals surface area (Å²) in [6, 6.07) is 12.1. The van der Waals surface area contributed by atoms with Gasteiger partial charge in [-0.05, 0) is 78.3 Å². The van der Waals surface area contributed by atoms with Crippen molar-refractivity contribution in [1.29, 1.82) is 0 Å². The molecule has 1 aliphatic rings. The number of aromatic nitrogens is 1. The fraction of sp³-hybridized carbons (Fsp3) is 0.448. The highest BCUT2D eigenvalue weighted by Crippen LogP contribution is 2.35. The zero-order chi connectivity index (χ0) is 25.1. The number of aliphatic carboxylic acids is 1. The van der Waals surface area contributed by atoms with Gasteiger partial charge in [0.15, 0.2) is 5.78 Å². The van der Waals surface area contributed by atoms with E-state index in [9.17, 15) is 9.59 Å². The second-order valence-electron chi connectivity index (χ2n) is 10.3. The summed E-state index contributed by atoms with van der Waals surface area (Å²) in [5.41, 5.74) is 3.70. The molecule has 1 aliphatic carbocycles. The van der Waals surface area contributed by atoms with E-state index in [1.807, 2.05) is 6.20 Å².